The van der Waals surface area contributed by atoms with E-state index in [2.05, 4.69) is 15.6 Å². The van der Waals surface area contributed by atoms with E-state index in [1.807, 2.05) is 0 Å². The first-order valence-corrected chi connectivity index (χ1v) is 11.8. The molecular weight excluding hydrogens is 482 g/mol. The molecule has 0 unspecified atom stereocenters. The molecule has 36 heavy (non-hydrogen) atoms. The van der Waals surface area contributed by atoms with Crippen molar-refractivity contribution in [2.45, 2.75) is 87.1 Å². The lowest BCUT2D eigenvalue weighted by Gasteiger charge is -2.39. The summed E-state index contributed by atoms with van der Waals surface area (Å²) in [4.78, 5) is 37.4. The second kappa shape index (κ2) is 11.0. The lowest BCUT2D eigenvalue weighted by molar-refractivity contribution is -0.228. The zero-order valence-electron chi connectivity index (χ0n) is 19.6. The van der Waals surface area contributed by atoms with Gasteiger partial charge in [-0.15, -0.1) is 0 Å². The van der Waals surface area contributed by atoms with Crippen LogP contribution in [0.15, 0.2) is 21.9 Å². The summed E-state index contributed by atoms with van der Waals surface area (Å²) >= 11 is 0. The van der Waals surface area contributed by atoms with E-state index < -0.39 is 72.5 Å². The molecule has 1 amide bonds. The van der Waals surface area contributed by atoms with E-state index in [0.717, 1.165) is 16.8 Å². The number of hydrogen-bond acceptors (Lipinski definition) is 12. The summed E-state index contributed by atoms with van der Waals surface area (Å²) in [5.41, 5.74) is 4.11. The molecule has 0 aliphatic carbocycles. The van der Waals surface area contributed by atoms with Crippen LogP contribution in [0.5, 0.6) is 0 Å². The van der Waals surface area contributed by atoms with Gasteiger partial charge >= 0.3 is 5.69 Å². The van der Waals surface area contributed by atoms with E-state index in [0.29, 0.717) is 19.4 Å². The van der Waals surface area contributed by atoms with Crippen LogP contribution in [0, 0.1) is 0 Å². The highest BCUT2D eigenvalue weighted by Gasteiger charge is 2.53. The fourth-order valence-electron chi connectivity index (χ4n) is 5.01. The number of aliphatic hydroxyl groups excluding tert-OH is 4. The van der Waals surface area contributed by atoms with Crippen LogP contribution in [0.1, 0.15) is 26.0 Å². The molecule has 0 bridgehead atoms. The third-order valence-corrected chi connectivity index (χ3v) is 6.81. The van der Waals surface area contributed by atoms with Crippen molar-refractivity contribution in [1.29, 1.82) is 0 Å². The molecule has 4 heterocycles. The predicted molar refractivity (Wildman–Crippen MR) is 120 cm³/mol. The van der Waals surface area contributed by atoms with Crippen LogP contribution >= 0.6 is 0 Å². The minimum Gasteiger partial charge on any atom is -0.387 e. The van der Waals surface area contributed by atoms with Gasteiger partial charge in [0, 0.05) is 37.8 Å². The number of H-pyrrole nitrogens is 1. The average molecular weight is 516 g/mol. The molecular formula is C21H33N5O10. The van der Waals surface area contributed by atoms with Crippen molar-refractivity contribution in [3.63, 3.8) is 0 Å². The average Bonchev–Trinajstić information content (AvgIpc) is 3.27. The van der Waals surface area contributed by atoms with Crippen molar-refractivity contribution in [3.8, 4) is 0 Å². The number of nitrogens with zero attached hydrogens (tertiary/aromatic N) is 1. The van der Waals surface area contributed by atoms with Crippen LogP contribution in [0.25, 0.3) is 0 Å². The maximum Gasteiger partial charge on any atom is 0.330 e. The van der Waals surface area contributed by atoms with Gasteiger partial charge in [0.15, 0.2) is 12.5 Å². The molecule has 1 aromatic rings. The van der Waals surface area contributed by atoms with E-state index in [-0.39, 0.29) is 18.5 Å². The Bertz CT molecular complexity index is 1030. The van der Waals surface area contributed by atoms with Gasteiger partial charge in [0.2, 0.25) is 5.91 Å². The number of nitrogens with two attached hydrogens (primary N) is 1. The Labute approximate surface area is 205 Å². The number of rotatable bonds is 7. The van der Waals surface area contributed by atoms with Gasteiger partial charge < -0.3 is 51.0 Å². The zero-order valence-corrected chi connectivity index (χ0v) is 19.6. The highest BCUT2D eigenvalue weighted by molar-refractivity contribution is 5.73. The summed E-state index contributed by atoms with van der Waals surface area (Å²) in [5, 5.41) is 48.4. The van der Waals surface area contributed by atoms with E-state index in [1.54, 1.807) is 0 Å². The largest absolute Gasteiger partial charge is 0.387 e. The molecule has 4 rings (SSSR count). The van der Waals surface area contributed by atoms with Crippen LogP contribution in [0.4, 0.5) is 0 Å². The molecule has 3 aliphatic rings. The topological polar surface area (TPSA) is 231 Å². The highest BCUT2D eigenvalue weighted by Crippen LogP contribution is 2.35. The minimum atomic E-state index is -1.57. The third kappa shape index (κ3) is 5.39. The molecule has 202 valence electrons. The van der Waals surface area contributed by atoms with Crippen molar-refractivity contribution in [2.75, 3.05) is 13.1 Å². The number of hydrogen-bond donors (Lipinski definition) is 8. The molecule has 0 spiro atoms. The van der Waals surface area contributed by atoms with Crippen LogP contribution in [-0.4, -0.2) is 110 Å². The summed E-state index contributed by atoms with van der Waals surface area (Å²) in [5.74, 6) is -0.216. The number of aliphatic hydroxyl groups is 4. The second-order valence-corrected chi connectivity index (χ2v) is 9.33. The van der Waals surface area contributed by atoms with E-state index in [9.17, 15) is 34.8 Å². The molecule has 9 N–H and O–H groups in total. The van der Waals surface area contributed by atoms with Gasteiger partial charge in [-0.05, 0) is 19.4 Å². The lowest BCUT2D eigenvalue weighted by atomic mass is 9.90. The Balaban J connectivity index is 1.61. The Morgan fingerprint density at radius 2 is 1.97 bits per heavy atom. The Kier molecular flexibility index (Phi) is 8.23. The van der Waals surface area contributed by atoms with Gasteiger partial charge in [-0.3, -0.25) is 19.1 Å². The van der Waals surface area contributed by atoms with Gasteiger partial charge in [-0.2, -0.15) is 0 Å². The Morgan fingerprint density at radius 1 is 1.22 bits per heavy atom. The molecule has 0 aromatic carbocycles. The summed E-state index contributed by atoms with van der Waals surface area (Å²) in [7, 11) is 0. The van der Waals surface area contributed by atoms with Crippen LogP contribution in [0.3, 0.4) is 0 Å². The first-order valence-electron chi connectivity index (χ1n) is 11.8. The number of aromatic amines is 1. The predicted octanol–water partition coefficient (Wildman–Crippen LogP) is -4.80. The van der Waals surface area contributed by atoms with Gasteiger partial charge in [0.05, 0.1) is 0 Å². The molecule has 15 nitrogen and oxygen atoms in total. The molecule has 15 heteroatoms. The van der Waals surface area contributed by atoms with E-state index >= 15 is 0 Å². The quantitative estimate of drug-likeness (QED) is 0.171. The summed E-state index contributed by atoms with van der Waals surface area (Å²) < 4.78 is 18.5. The van der Waals surface area contributed by atoms with Crippen molar-refractivity contribution < 1.29 is 39.4 Å². The fourth-order valence-corrected chi connectivity index (χ4v) is 5.01. The second-order valence-electron chi connectivity index (χ2n) is 9.33. The number of amides is 1. The highest BCUT2D eigenvalue weighted by atomic mass is 16.7. The van der Waals surface area contributed by atoms with Crippen LogP contribution in [-0.2, 0) is 19.0 Å². The van der Waals surface area contributed by atoms with Crippen LogP contribution in [0.2, 0.25) is 0 Å². The molecule has 3 fully saturated rings. The van der Waals surface area contributed by atoms with Gasteiger partial charge in [-0.1, -0.05) is 0 Å². The van der Waals surface area contributed by atoms with E-state index in [1.165, 1.54) is 6.92 Å². The molecule has 3 aliphatic heterocycles. The number of carbonyl (C=O) groups excluding carboxylic acids is 1. The maximum absolute atomic E-state index is 12.3. The SMILES string of the molecule is CC(=O)N[C@@H]1CCN[C@H]([C@H](O[C@@H]2O[C@H](CN)[C@@H](O)[C@H]2O)[C@H]2O[C@@H](n3ccc(=O)[nH]c3=O)[C@H](O)[C@@H]2O)C1. The summed E-state index contributed by atoms with van der Waals surface area (Å²) in [6, 6.07) is 0.291. The Hall–Kier alpha value is -2.21. The van der Waals surface area contributed by atoms with Crippen molar-refractivity contribution in [2.24, 2.45) is 5.73 Å². The molecule has 0 saturated carbocycles. The molecule has 3 saturated heterocycles. The van der Waals surface area contributed by atoms with Crippen LogP contribution < -0.4 is 27.6 Å². The smallest absolute Gasteiger partial charge is 0.330 e. The monoisotopic (exact) mass is 515 g/mol. The summed E-state index contributed by atoms with van der Waals surface area (Å²) in [6.07, 6.45) is -9.63. The third-order valence-electron chi connectivity index (χ3n) is 6.81. The van der Waals surface area contributed by atoms with Crippen molar-refractivity contribution in [1.82, 2.24) is 20.2 Å². The Morgan fingerprint density at radius 3 is 2.61 bits per heavy atom. The minimum absolute atomic E-state index is 0.0759. The zero-order chi connectivity index (χ0) is 26.1. The normalized spacial score (nSPS) is 39.7. The number of carbonyl (C=O) groups is 1. The maximum atomic E-state index is 12.3. The molecule has 1 aromatic heterocycles. The summed E-state index contributed by atoms with van der Waals surface area (Å²) in [6.45, 7) is 1.80. The van der Waals surface area contributed by atoms with Crippen molar-refractivity contribution >= 4 is 5.91 Å². The number of nitrogens with one attached hydrogen (secondary N) is 3. The van der Waals surface area contributed by atoms with Gasteiger partial charge in [0.25, 0.3) is 5.56 Å². The molecule has 11 atom stereocenters. The fraction of sp³-hybridized carbons (Fsp3) is 0.762. The van der Waals surface area contributed by atoms with E-state index in [4.69, 9.17) is 19.9 Å². The first kappa shape index (κ1) is 26.8. The lowest BCUT2D eigenvalue weighted by Crippen LogP contribution is -2.58. The first-order chi connectivity index (χ1) is 17.1. The van der Waals surface area contributed by atoms with Gasteiger partial charge in [0.1, 0.15) is 42.7 Å². The van der Waals surface area contributed by atoms with Gasteiger partial charge in [-0.25, -0.2) is 4.79 Å². The molecule has 0 radical (unpaired) electrons. The standard InChI is InChI=1S/C21H33N5O10/c1-8(27)24-9-2-4-23-10(6-9)17(36-20-16(32)13(29)11(7-22)34-20)18-14(30)15(31)19(35-18)26-5-3-12(28)25-21(26)33/h3,5,9-11,13-20,23,29-32H,2,4,6-7,22H2,1H3,(H,24,27)(H,25,28,33)/t9-,10+,11-,13-,14+,15-,16-,17+,18+,19-,20+/m1/s1. The number of ether oxygens (including phenoxy) is 3. The number of piperidine rings is 1. The van der Waals surface area contributed by atoms with Crippen molar-refractivity contribution in [3.05, 3.63) is 33.1 Å². The number of aromatic nitrogens is 2.